The van der Waals surface area contributed by atoms with Crippen molar-refractivity contribution >= 4 is 12.0 Å². The van der Waals surface area contributed by atoms with Gasteiger partial charge in [-0.15, -0.1) is 0 Å². The Hall–Kier alpha value is -2.62. The van der Waals surface area contributed by atoms with Crippen LogP contribution in [-0.4, -0.2) is 24.7 Å². The number of rotatable bonds is 7. The average molecular weight is 364 g/mol. The second-order valence-electron chi connectivity index (χ2n) is 6.09. The third-order valence-corrected chi connectivity index (χ3v) is 4.19. The quantitative estimate of drug-likeness (QED) is 0.741. The highest BCUT2D eigenvalue weighted by Crippen LogP contribution is 2.30. The van der Waals surface area contributed by atoms with Gasteiger partial charge in [0.25, 0.3) is 0 Å². The molecule has 1 N–H and O–H groups in total. The second-order valence-corrected chi connectivity index (χ2v) is 6.09. The summed E-state index contributed by atoms with van der Waals surface area (Å²) in [6.07, 6.45) is 7.07. The van der Waals surface area contributed by atoms with Crippen LogP contribution in [-0.2, 0) is 4.79 Å². The summed E-state index contributed by atoms with van der Waals surface area (Å²) in [5, 5.41) is 12.2. The first-order valence-corrected chi connectivity index (χ1v) is 8.61. The van der Waals surface area contributed by atoms with Crippen LogP contribution in [0.4, 0.5) is 8.78 Å². The summed E-state index contributed by atoms with van der Waals surface area (Å²) in [7, 11) is 0. The number of alkyl halides is 2. The largest absolute Gasteiger partial charge is 0.490 e. The predicted octanol–water partition coefficient (Wildman–Crippen LogP) is 4.04. The SMILES string of the molecule is CCOc1cc(/C=C/C(=O)NC2(C#N)CCCCC2)ccc1OC(F)F. The maximum absolute atomic E-state index is 12.4. The lowest BCUT2D eigenvalue weighted by molar-refractivity contribution is -0.118. The molecule has 1 amide bonds. The standard InChI is InChI=1S/C19H22F2N2O3/c1-2-25-16-12-14(6-8-15(16)26-18(20)21)7-9-17(24)23-19(13-22)10-4-3-5-11-19/h6-9,12,18H,2-5,10-11H2,1H3,(H,23,24)/b9-7+. The maximum Gasteiger partial charge on any atom is 0.387 e. The molecule has 1 aliphatic rings. The molecular weight excluding hydrogens is 342 g/mol. The number of nitrogens with zero attached hydrogens (tertiary/aromatic N) is 1. The minimum atomic E-state index is -2.95. The number of hydrogen-bond acceptors (Lipinski definition) is 4. The monoisotopic (exact) mass is 364 g/mol. The number of carbonyl (C=O) groups is 1. The molecule has 1 saturated carbocycles. The van der Waals surface area contributed by atoms with E-state index in [9.17, 15) is 18.8 Å². The zero-order chi connectivity index (χ0) is 19.0. The Labute approximate surface area is 151 Å². The Kier molecular flexibility index (Phi) is 6.96. The Morgan fingerprint density at radius 1 is 1.35 bits per heavy atom. The highest BCUT2D eigenvalue weighted by Gasteiger charge is 2.32. The molecule has 1 fully saturated rings. The second kappa shape index (κ2) is 9.18. The molecule has 0 aromatic heterocycles. The summed E-state index contributed by atoms with van der Waals surface area (Å²) in [6.45, 7) is -0.926. The van der Waals surface area contributed by atoms with Crippen molar-refractivity contribution < 1.29 is 23.0 Å². The van der Waals surface area contributed by atoms with Crippen molar-refractivity contribution in [3.8, 4) is 17.6 Å². The summed E-state index contributed by atoms with van der Waals surface area (Å²) < 4.78 is 34.5. The van der Waals surface area contributed by atoms with E-state index in [0.29, 0.717) is 18.4 Å². The van der Waals surface area contributed by atoms with Gasteiger partial charge in [-0.25, -0.2) is 0 Å². The van der Waals surface area contributed by atoms with E-state index in [4.69, 9.17) is 4.74 Å². The van der Waals surface area contributed by atoms with Gasteiger partial charge < -0.3 is 14.8 Å². The van der Waals surface area contributed by atoms with Gasteiger partial charge in [0.1, 0.15) is 5.54 Å². The molecule has 1 aromatic rings. The van der Waals surface area contributed by atoms with E-state index in [1.807, 2.05) is 0 Å². The van der Waals surface area contributed by atoms with Crippen molar-refractivity contribution in [2.24, 2.45) is 0 Å². The smallest absolute Gasteiger partial charge is 0.387 e. The number of nitriles is 1. The fourth-order valence-electron chi connectivity index (χ4n) is 2.96. The van der Waals surface area contributed by atoms with Gasteiger partial charge in [0.05, 0.1) is 12.7 Å². The first kappa shape index (κ1) is 19.7. The highest BCUT2D eigenvalue weighted by atomic mass is 19.3. The van der Waals surface area contributed by atoms with E-state index in [-0.39, 0.29) is 24.0 Å². The Morgan fingerprint density at radius 2 is 2.08 bits per heavy atom. The van der Waals surface area contributed by atoms with Crippen molar-refractivity contribution in [2.45, 2.75) is 51.2 Å². The van der Waals surface area contributed by atoms with Gasteiger partial charge in [-0.05, 0) is 43.5 Å². The summed E-state index contributed by atoms with van der Waals surface area (Å²) in [5.41, 5.74) is -0.203. The van der Waals surface area contributed by atoms with Gasteiger partial charge in [-0.3, -0.25) is 4.79 Å². The molecule has 1 aliphatic carbocycles. The van der Waals surface area contributed by atoms with Crippen molar-refractivity contribution in [1.29, 1.82) is 5.26 Å². The van der Waals surface area contributed by atoms with E-state index in [1.165, 1.54) is 24.3 Å². The van der Waals surface area contributed by atoms with Gasteiger partial charge >= 0.3 is 6.61 Å². The Balaban J connectivity index is 2.07. The van der Waals surface area contributed by atoms with Crippen LogP contribution in [0, 0.1) is 11.3 Å². The van der Waals surface area contributed by atoms with Crippen LogP contribution in [0.25, 0.3) is 6.08 Å². The van der Waals surface area contributed by atoms with Crippen molar-refractivity contribution in [1.82, 2.24) is 5.32 Å². The third kappa shape index (κ3) is 5.45. The summed E-state index contributed by atoms with van der Waals surface area (Å²) in [6, 6.07) is 6.66. The number of halogens is 2. The topological polar surface area (TPSA) is 71.3 Å². The van der Waals surface area contributed by atoms with Gasteiger partial charge in [0, 0.05) is 6.08 Å². The van der Waals surface area contributed by atoms with E-state index in [2.05, 4.69) is 16.1 Å². The van der Waals surface area contributed by atoms with Crippen LogP contribution < -0.4 is 14.8 Å². The van der Waals surface area contributed by atoms with Gasteiger partial charge in [-0.2, -0.15) is 14.0 Å². The van der Waals surface area contributed by atoms with E-state index in [1.54, 1.807) is 13.0 Å². The lowest BCUT2D eigenvalue weighted by Gasteiger charge is -2.31. The number of hydrogen-bond donors (Lipinski definition) is 1. The van der Waals surface area contributed by atoms with E-state index in [0.717, 1.165) is 19.3 Å². The predicted molar refractivity (Wildman–Crippen MR) is 92.8 cm³/mol. The number of ether oxygens (including phenoxy) is 2. The lowest BCUT2D eigenvalue weighted by Crippen LogP contribution is -2.48. The van der Waals surface area contributed by atoms with Crippen molar-refractivity contribution in [2.75, 3.05) is 6.61 Å². The van der Waals surface area contributed by atoms with Crippen molar-refractivity contribution in [3.63, 3.8) is 0 Å². The fraction of sp³-hybridized carbons (Fsp3) is 0.474. The Bertz CT molecular complexity index is 693. The third-order valence-electron chi connectivity index (χ3n) is 4.19. The molecule has 2 rings (SSSR count). The van der Waals surface area contributed by atoms with Crippen LogP contribution >= 0.6 is 0 Å². The number of amides is 1. The fourth-order valence-corrected chi connectivity index (χ4v) is 2.96. The lowest BCUT2D eigenvalue weighted by atomic mass is 9.83. The van der Waals surface area contributed by atoms with E-state index < -0.39 is 12.2 Å². The van der Waals surface area contributed by atoms with Gasteiger partial charge in [0.15, 0.2) is 11.5 Å². The highest BCUT2D eigenvalue weighted by molar-refractivity contribution is 5.92. The van der Waals surface area contributed by atoms with Gasteiger partial charge in [0.2, 0.25) is 5.91 Å². The number of benzene rings is 1. The molecular formula is C19H22F2N2O3. The van der Waals surface area contributed by atoms with Crippen molar-refractivity contribution in [3.05, 3.63) is 29.8 Å². The molecule has 5 nitrogen and oxygen atoms in total. The molecule has 0 unspecified atom stereocenters. The minimum absolute atomic E-state index is 0.0610. The normalized spacial score (nSPS) is 16.3. The molecule has 7 heteroatoms. The molecule has 0 aliphatic heterocycles. The van der Waals surface area contributed by atoms with Crippen LogP contribution in [0.3, 0.4) is 0 Å². The summed E-state index contributed by atoms with van der Waals surface area (Å²) >= 11 is 0. The Morgan fingerprint density at radius 3 is 2.69 bits per heavy atom. The summed E-state index contributed by atoms with van der Waals surface area (Å²) in [4.78, 5) is 12.2. The molecule has 0 heterocycles. The molecule has 0 atom stereocenters. The first-order chi connectivity index (χ1) is 12.5. The molecule has 0 bridgehead atoms. The van der Waals surface area contributed by atoms with Crippen LogP contribution in [0.1, 0.15) is 44.6 Å². The van der Waals surface area contributed by atoms with Crippen LogP contribution in [0.15, 0.2) is 24.3 Å². The molecule has 26 heavy (non-hydrogen) atoms. The average Bonchev–Trinajstić information content (AvgIpc) is 2.62. The number of nitrogens with one attached hydrogen (secondary N) is 1. The zero-order valence-electron chi connectivity index (χ0n) is 14.6. The van der Waals surface area contributed by atoms with E-state index >= 15 is 0 Å². The minimum Gasteiger partial charge on any atom is -0.490 e. The number of carbonyl (C=O) groups excluding carboxylic acids is 1. The molecule has 0 spiro atoms. The van der Waals surface area contributed by atoms with Gasteiger partial charge in [-0.1, -0.05) is 25.3 Å². The molecule has 0 saturated heterocycles. The molecule has 140 valence electrons. The molecule has 0 radical (unpaired) electrons. The molecule has 1 aromatic carbocycles. The van der Waals surface area contributed by atoms with Crippen LogP contribution in [0.5, 0.6) is 11.5 Å². The van der Waals surface area contributed by atoms with Crippen LogP contribution in [0.2, 0.25) is 0 Å². The maximum atomic E-state index is 12.4. The zero-order valence-corrected chi connectivity index (χ0v) is 14.6. The summed E-state index contributed by atoms with van der Waals surface area (Å²) in [5.74, 6) is -0.246. The first-order valence-electron chi connectivity index (χ1n) is 8.61.